The van der Waals surface area contributed by atoms with Gasteiger partial charge in [0.15, 0.2) is 0 Å². The Hall–Kier alpha value is -6.60. The van der Waals surface area contributed by atoms with Crippen molar-refractivity contribution in [3.05, 3.63) is 191 Å². The smallest absolute Gasteiger partial charge is 0.216 e. The minimum Gasteiger partial charge on any atom is -0.486 e. The Bertz CT molecular complexity index is 3480. The molecule has 8 heteroatoms. The molecule has 0 amide bonds. The average Bonchev–Trinajstić information content (AvgIpc) is 3.96. The molecular weight excluding hydrogens is 1020 g/mol. The fraction of sp³-hybridized carbons (Fsp3) is 0.217. The largest absolute Gasteiger partial charge is 0.486 e. The normalized spacial score (nSPS) is 12.9. The quantitative estimate of drug-likeness (QED) is 0.156. The second kappa shape index (κ2) is 17.8. The molecule has 0 fully saturated rings. The van der Waals surface area contributed by atoms with Crippen molar-refractivity contribution in [1.82, 2.24) is 19.5 Å². The van der Waals surface area contributed by atoms with Gasteiger partial charge in [0.2, 0.25) is 5.71 Å². The molecule has 0 N–H and O–H groups in total. The molecule has 0 saturated heterocycles. The standard InChI is InChI=1S/C45H37FN3O.C15H15FN.Ir/c1-25(2)29-11-9-12-30(26(3)4)41(29)49-40-16-8-7-15-39(40)47-43(49)34-14-10-13-32-33-20-22-38(48-44(33)50-42(32)34)27-17-19-31-35-24-28(46)18-21-36(35)45(5,6)37(31)23-27;1-15(2,3)12-6-9-14(17-10-12)11-4-7-13(16)8-5-11;/h7-13,15-26H,1-6H3;4,6-10H,1-3H3;/q2*-1;. The fourth-order valence-electron chi connectivity index (χ4n) is 9.59. The van der Waals surface area contributed by atoms with Crippen molar-refractivity contribution in [1.29, 1.82) is 0 Å². The van der Waals surface area contributed by atoms with Crippen molar-refractivity contribution >= 4 is 33.1 Å². The van der Waals surface area contributed by atoms with Crippen molar-refractivity contribution in [3.63, 3.8) is 0 Å². The number of halogens is 2. The second-order valence-electron chi connectivity index (χ2n) is 19.8. The zero-order valence-electron chi connectivity index (χ0n) is 39.7. The van der Waals surface area contributed by atoms with Crippen LogP contribution >= 0.6 is 0 Å². The number of benzene rings is 6. The van der Waals surface area contributed by atoms with Crippen LogP contribution in [0.25, 0.3) is 83.8 Å². The van der Waals surface area contributed by atoms with Crippen molar-refractivity contribution in [2.45, 2.75) is 85.0 Å². The van der Waals surface area contributed by atoms with Gasteiger partial charge in [-0.15, -0.1) is 48.0 Å². The third-order valence-electron chi connectivity index (χ3n) is 13.3. The average molecular weight is 1080 g/mol. The van der Waals surface area contributed by atoms with Gasteiger partial charge in [0.05, 0.1) is 28.1 Å². The number of nitrogens with zero attached hydrogens (tertiary/aromatic N) is 4. The molecule has 1 radical (unpaired) electrons. The second-order valence-corrected chi connectivity index (χ2v) is 19.8. The van der Waals surface area contributed by atoms with E-state index in [0.29, 0.717) is 23.1 Å². The Morgan fingerprint density at radius 1 is 0.676 bits per heavy atom. The molecule has 1 aliphatic rings. The summed E-state index contributed by atoms with van der Waals surface area (Å²) in [6.45, 7) is 19.8. The van der Waals surface area contributed by atoms with Gasteiger partial charge in [0, 0.05) is 54.2 Å². The Morgan fingerprint density at radius 2 is 1.41 bits per heavy atom. The Kier molecular flexibility index (Phi) is 12.2. The van der Waals surface area contributed by atoms with E-state index in [4.69, 9.17) is 14.4 Å². The van der Waals surface area contributed by atoms with Crippen molar-refractivity contribution in [2.75, 3.05) is 0 Å². The maximum atomic E-state index is 14.3. The molecule has 1 aliphatic carbocycles. The van der Waals surface area contributed by atoms with E-state index in [-0.39, 0.29) is 42.6 Å². The summed E-state index contributed by atoms with van der Waals surface area (Å²) in [6, 6.07) is 49.5. The van der Waals surface area contributed by atoms with Crippen LogP contribution in [-0.2, 0) is 30.9 Å². The van der Waals surface area contributed by atoms with Gasteiger partial charge in [-0.2, -0.15) is 0 Å². The summed E-state index contributed by atoms with van der Waals surface area (Å²) in [4.78, 5) is 14.7. The first kappa shape index (κ1) is 46.5. The molecule has 0 saturated carbocycles. The van der Waals surface area contributed by atoms with Gasteiger partial charge in [-0.1, -0.05) is 134 Å². The number of para-hydroxylation sites is 3. The van der Waals surface area contributed by atoms with Crippen LogP contribution in [0.3, 0.4) is 0 Å². The molecule has 11 rings (SSSR count). The fourth-order valence-corrected chi connectivity index (χ4v) is 9.59. The summed E-state index contributed by atoms with van der Waals surface area (Å²) in [7, 11) is 0. The van der Waals surface area contributed by atoms with Crippen molar-refractivity contribution in [2.24, 2.45) is 0 Å². The van der Waals surface area contributed by atoms with Gasteiger partial charge in [-0.3, -0.25) is 9.37 Å². The minimum atomic E-state index is -0.278. The van der Waals surface area contributed by atoms with E-state index in [1.54, 1.807) is 18.2 Å². The van der Waals surface area contributed by atoms with Gasteiger partial charge in [0.1, 0.15) is 5.82 Å². The first-order valence-electron chi connectivity index (χ1n) is 23.0. The van der Waals surface area contributed by atoms with Gasteiger partial charge < -0.3 is 14.0 Å². The van der Waals surface area contributed by atoms with E-state index < -0.39 is 0 Å². The van der Waals surface area contributed by atoms with E-state index in [2.05, 4.69) is 163 Å². The number of pyridine rings is 2. The van der Waals surface area contributed by atoms with Crippen LogP contribution in [0.1, 0.15) is 102 Å². The van der Waals surface area contributed by atoms with Crippen LogP contribution in [0, 0.1) is 23.8 Å². The Morgan fingerprint density at radius 3 is 2.10 bits per heavy atom. The summed E-state index contributed by atoms with van der Waals surface area (Å²) in [5.41, 5.74) is 16.6. The predicted octanol–water partition coefficient (Wildman–Crippen LogP) is 16.1. The van der Waals surface area contributed by atoms with Crippen molar-refractivity contribution < 1.29 is 33.3 Å². The molecule has 4 heterocycles. The van der Waals surface area contributed by atoms with Gasteiger partial charge in [0.25, 0.3) is 0 Å². The summed E-state index contributed by atoms with van der Waals surface area (Å²) in [5.74, 6) is 0.922. The molecular formula is C60H52F2IrN4O-2. The minimum absolute atomic E-state index is 0. The van der Waals surface area contributed by atoms with Gasteiger partial charge in [-0.05, 0) is 104 Å². The van der Waals surface area contributed by atoms with E-state index in [1.165, 1.54) is 40.1 Å². The maximum absolute atomic E-state index is 14.3. The monoisotopic (exact) mass is 1080 g/mol. The molecule has 0 spiro atoms. The maximum Gasteiger partial charge on any atom is 0.216 e. The molecule has 343 valence electrons. The van der Waals surface area contributed by atoms with Crippen LogP contribution in [0.15, 0.2) is 144 Å². The Balaban J connectivity index is 0.000000272. The van der Waals surface area contributed by atoms with Crippen LogP contribution in [0.2, 0.25) is 0 Å². The third kappa shape index (κ3) is 8.18. The number of rotatable bonds is 6. The van der Waals surface area contributed by atoms with Crippen LogP contribution in [0.4, 0.5) is 8.78 Å². The molecule has 68 heavy (non-hydrogen) atoms. The molecule has 10 aromatic rings. The topological polar surface area (TPSA) is 56.7 Å². The first-order chi connectivity index (χ1) is 32.1. The third-order valence-corrected chi connectivity index (χ3v) is 13.3. The number of aromatic nitrogens is 4. The predicted molar refractivity (Wildman–Crippen MR) is 269 cm³/mol. The summed E-state index contributed by atoms with van der Waals surface area (Å²) < 4.78 is 36.0. The van der Waals surface area contributed by atoms with E-state index in [9.17, 15) is 8.78 Å². The van der Waals surface area contributed by atoms with Crippen LogP contribution in [-0.4, -0.2) is 19.5 Å². The molecule has 0 bridgehead atoms. The Labute approximate surface area is 410 Å². The molecule has 0 aliphatic heterocycles. The molecule has 0 unspecified atom stereocenters. The zero-order chi connectivity index (χ0) is 46.9. The van der Waals surface area contributed by atoms with Crippen LogP contribution < -0.4 is 0 Å². The number of fused-ring (bicyclic) bond motifs is 7. The number of furan rings is 1. The van der Waals surface area contributed by atoms with Gasteiger partial charge >= 0.3 is 0 Å². The summed E-state index contributed by atoms with van der Waals surface area (Å²) in [5, 5.41) is 1.91. The molecule has 4 aromatic heterocycles. The number of hydrogen-bond acceptors (Lipinski definition) is 4. The van der Waals surface area contributed by atoms with Crippen molar-refractivity contribution in [3.8, 4) is 50.7 Å². The molecule has 6 aromatic carbocycles. The number of imidazole rings is 1. The zero-order valence-corrected chi connectivity index (χ0v) is 42.1. The summed E-state index contributed by atoms with van der Waals surface area (Å²) in [6.07, 6.45) is 1.87. The van der Waals surface area contributed by atoms with E-state index in [0.717, 1.165) is 72.4 Å². The molecule has 0 atom stereocenters. The SMILES string of the molecule is CC(C)(C)c1ccc(-c2[c-]cc(F)cc2)nc1.CC(C)c1cccc(C(C)C)c1-n1c(-c2[c-]ccc3c2oc2nc(-c4ccc5c(c4)C(C)(C)c4ccc(F)cc4-5)ccc23)nc2ccccc21.[Ir]. The summed E-state index contributed by atoms with van der Waals surface area (Å²) >= 11 is 0. The number of hydrogen-bond donors (Lipinski definition) is 0. The first-order valence-corrected chi connectivity index (χ1v) is 23.0. The van der Waals surface area contributed by atoms with Crippen LogP contribution in [0.5, 0.6) is 0 Å². The molecule has 5 nitrogen and oxygen atoms in total. The van der Waals surface area contributed by atoms with E-state index >= 15 is 0 Å². The van der Waals surface area contributed by atoms with Gasteiger partial charge in [-0.25, -0.2) is 9.37 Å². The van der Waals surface area contributed by atoms with E-state index in [1.807, 2.05) is 30.5 Å².